The first kappa shape index (κ1) is 9.97. The molecule has 2 rings (SSSR count). The van der Waals surface area contributed by atoms with Gasteiger partial charge in [0.25, 0.3) is 0 Å². The van der Waals surface area contributed by atoms with E-state index >= 15 is 0 Å². The molecule has 1 heterocycles. The van der Waals surface area contributed by atoms with Crippen molar-refractivity contribution in [1.29, 1.82) is 0 Å². The lowest BCUT2D eigenvalue weighted by Gasteiger charge is -2.10. The minimum atomic E-state index is -0.134. The summed E-state index contributed by atoms with van der Waals surface area (Å²) in [6, 6.07) is 10.2. The molecular formula is C13H14O2. The first-order valence-electron chi connectivity index (χ1n) is 5.14. The monoisotopic (exact) mass is 202 g/mol. The first-order valence-corrected chi connectivity index (χ1v) is 5.14. The second-order valence-corrected chi connectivity index (χ2v) is 3.84. The molecule has 0 spiro atoms. The van der Waals surface area contributed by atoms with Crippen LogP contribution in [0.2, 0.25) is 0 Å². The largest absolute Gasteiger partial charge is 0.465 e. The van der Waals surface area contributed by atoms with Crippen LogP contribution in [0.3, 0.4) is 0 Å². The molecule has 2 atom stereocenters. The van der Waals surface area contributed by atoms with Crippen molar-refractivity contribution < 1.29 is 9.53 Å². The molecule has 78 valence electrons. The Labute approximate surface area is 89.6 Å². The van der Waals surface area contributed by atoms with Gasteiger partial charge in [-0.15, -0.1) is 6.58 Å². The van der Waals surface area contributed by atoms with Crippen LogP contribution in [0.1, 0.15) is 5.56 Å². The van der Waals surface area contributed by atoms with Crippen molar-refractivity contribution >= 4 is 5.97 Å². The van der Waals surface area contributed by atoms with Gasteiger partial charge in [0.15, 0.2) is 0 Å². The van der Waals surface area contributed by atoms with E-state index in [1.807, 2.05) is 18.2 Å². The molecule has 1 aromatic rings. The third-order valence-corrected chi connectivity index (χ3v) is 2.81. The molecule has 2 nitrogen and oxygen atoms in total. The van der Waals surface area contributed by atoms with Crippen LogP contribution in [0.25, 0.3) is 0 Å². The highest BCUT2D eigenvalue weighted by Crippen LogP contribution is 2.26. The summed E-state index contributed by atoms with van der Waals surface area (Å²) in [7, 11) is 0. The van der Waals surface area contributed by atoms with Gasteiger partial charge in [-0.3, -0.25) is 4.79 Å². The zero-order valence-electron chi connectivity index (χ0n) is 8.56. The fourth-order valence-electron chi connectivity index (χ4n) is 1.97. The predicted octanol–water partition coefficient (Wildman–Crippen LogP) is 2.20. The summed E-state index contributed by atoms with van der Waals surface area (Å²) < 4.78 is 5.03. The van der Waals surface area contributed by atoms with Gasteiger partial charge in [-0.05, 0) is 12.0 Å². The molecule has 1 aromatic carbocycles. The molecule has 0 aromatic heterocycles. The Morgan fingerprint density at radius 2 is 2.13 bits per heavy atom. The van der Waals surface area contributed by atoms with Crippen molar-refractivity contribution in [3.63, 3.8) is 0 Å². The highest BCUT2D eigenvalue weighted by molar-refractivity contribution is 5.76. The summed E-state index contributed by atoms with van der Waals surface area (Å²) in [5.41, 5.74) is 1.24. The number of esters is 1. The number of carbonyl (C=O) groups is 1. The van der Waals surface area contributed by atoms with Crippen molar-refractivity contribution in [2.45, 2.75) is 6.42 Å². The van der Waals surface area contributed by atoms with Gasteiger partial charge in [0.05, 0.1) is 12.5 Å². The van der Waals surface area contributed by atoms with Crippen molar-refractivity contribution in [3.05, 3.63) is 48.6 Å². The van der Waals surface area contributed by atoms with E-state index in [0.717, 1.165) is 6.42 Å². The molecule has 0 bridgehead atoms. The van der Waals surface area contributed by atoms with Crippen LogP contribution in [0.15, 0.2) is 43.0 Å². The van der Waals surface area contributed by atoms with Crippen molar-refractivity contribution in [2.75, 3.05) is 6.61 Å². The lowest BCUT2D eigenvalue weighted by molar-refractivity contribution is -0.140. The zero-order chi connectivity index (χ0) is 10.7. The molecule has 0 saturated carbocycles. The van der Waals surface area contributed by atoms with Gasteiger partial charge >= 0.3 is 5.97 Å². The molecular weight excluding hydrogens is 188 g/mol. The number of rotatable bonds is 3. The Morgan fingerprint density at radius 1 is 1.40 bits per heavy atom. The smallest absolute Gasteiger partial charge is 0.313 e. The van der Waals surface area contributed by atoms with E-state index in [0.29, 0.717) is 6.61 Å². The summed E-state index contributed by atoms with van der Waals surface area (Å²) >= 11 is 0. The normalized spacial score (nSPS) is 24.9. The van der Waals surface area contributed by atoms with Crippen LogP contribution >= 0.6 is 0 Å². The molecule has 2 heteroatoms. The van der Waals surface area contributed by atoms with Crippen LogP contribution in [0, 0.1) is 11.8 Å². The standard InChI is InChI=1S/C13H14O2/c1-2-12-11(9-15-13(12)14)8-10-6-4-3-5-7-10/h2-7,11-12H,1,8-9H2/t11-,12+/m1/s1. The Hall–Kier alpha value is -1.57. The Bertz CT molecular complexity index is 356. The van der Waals surface area contributed by atoms with E-state index in [4.69, 9.17) is 4.74 Å². The number of cyclic esters (lactones) is 1. The SMILES string of the molecule is C=C[C@@H]1C(=O)OC[C@H]1Cc1ccccc1. The molecule has 0 aliphatic carbocycles. The topological polar surface area (TPSA) is 26.3 Å². The van der Waals surface area contributed by atoms with E-state index in [-0.39, 0.29) is 17.8 Å². The fourth-order valence-corrected chi connectivity index (χ4v) is 1.97. The maximum absolute atomic E-state index is 11.3. The summed E-state index contributed by atoms with van der Waals surface area (Å²) in [6.07, 6.45) is 2.58. The van der Waals surface area contributed by atoms with Gasteiger partial charge in [0.2, 0.25) is 0 Å². The number of carbonyl (C=O) groups excluding carboxylic acids is 1. The summed E-state index contributed by atoms with van der Waals surface area (Å²) in [6.45, 7) is 4.20. The first-order chi connectivity index (χ1) is 7.31. The zero-order valence-corrected chi connectivity index (χ0v) is 8.56. The fraction of sp³-hybridized carbons (Fsp3) is 0.308. The van der Waals surface area contributed by atoms with E-state index in [2.05, 4.69) is 18.7 Å². The average Bonchev–Trinajstić information content (AvgIpc) is 2.61. The van der Waals surface area contributed by atoms with Gasteiger partial charge in [-0.2, -0.15) is 0 Å². The molecule has 15 heavy (non-hydrogen) atoms. The Balaban J connectivity index is 2.07. The van der Waals surface area contributed by atoms with Crippen molar-refractivity contribution in [2.24, 2.45) is 11.8 Å². The van der Waals surface area contributed by atoms with Gasteiger partial charge in [0.1, 0.15) is 0 Å². The van der Waals surface area contributed by atoms with E-state index in [1.165, 1.54) is 5.56 Å². The van der Waals surface area contributed by atoms with E-state index in [1.54, 1.807) is 6.08 Å². The average molecular weight is 202 g/mol. The minimum absolute atomic E-state index is 0.133. The molecule has 0 N–H and O–H groups in total. The van der Waals surface area contributed by atoms with Crippen LogP contribution in [-0.4, -0.2) is 12.6 Å². The highest BCUT2D eigenvalue weighted by atomic mass is 16.5. The van der Waals surface area contributed by atoms with Crippen LogP contribution < -0.4 is 0 Å². The number of hydrogen-bond donors (Lipinski definition) is 0. The molecule has 0 unspecified atom stereocenters. The number of ether oxygens (including phenoxy) is 1. The summed E-state index contributed by atoms with van der Waals surface area (Å²) in [4.78, 5) is 11.3. The van der Waals surface area contributed by atoms with Gasteiger partial charge in [-0.25, -0.2) is 0 Å². The van der Waals surface area contributed by atoms with Crippen molar-refractivity contribution in [3.8, 4) is 0 Å². The number of benzene rings is 1. The molecule has 0 amide bonds. The minimum Gasteiger partial charge on any atom is -0.465 e. The summed E-state index contributed by atoms with van der Waals surface area (Å²) in [5, 5.41) is 0. The lowest BCUT2D eigenvalue weighted by atomic mass is 9.89. The summed E-state index contributed by atoms with van der Waals surface area (Å²) in [5.74, 6) is -0.0199. The third kappa shape index (κ3) is 2.09. The van der Waals surface area contributed by atoms with E-state index in [9.17, 15) is 4.79 Å². The molecule has 1 aliphatic rings. The maximum atomic E-state index is 11.3. The maximum Gasteiger partial charge on any atom is 0.313 e. The van der Waals surface area contributed by atoms with Crippen LogP contribution in [0.4, 0.5) is 0 Å². The molecule has 1 aliphatic heterocycles. The highest BCUT2D eigenvalue weighted by Gasteiger charge is 2.34. The van der Waals surface area contributed by atoms with Gasteiger partial charge < -0.3 is 4.74 Å². The third-order valence-electron chi connectivity index (χ3n) is 2.81. The second kappa shape index (κ2) is 4.30. The Kier molecular flexibility index (Phi) is 2.86. The molecule has 1 saturated heterocycles. The van der Waals surface area contributed by atoms with Crippen LogP contribution in [-0.2, 0) is 16.0 Å². The quantitative estimate of drug-likeness (QED) is 0.555. The van der Waals surface area contributed by atoms with Gasteiger partial charge in [-0.1, -0.05) is 36.4 Å². The van der Waals surface area contributed by atoms with E-state index < -0.39 is 0 Å². The number of hydrogen-bond acceptors (Lipinski definition) is 2. The lowest BCUT2D eigenvalue weighted by Crippen LogP contribution is -2.15. The molecule has 0 radical (unpaired) electrons. The second-order valence-electron chi connectivity index (χ2n) is 3.84. The van der Waals surface area contributed by atoms with Crippen molar-refractivity contribution in [1.82, 2.24) is 0 Å². The predicted molar refractivity (Wildman–Crippen MR) is 58.3 cm³/mol. The van der Waals surface area contributed by atoms with Gasteiger partial charge in [0, 0.05) is 5.92 Å². The van der Waals surface area contributed by atoms with Crippen LogP contribution in [0.5, 0.6) is 0 Å². The molecule has 1 fully saturated rings. The Morgan fingerprint density at radius 3 is 2.80 bits per heavy atom.